The highest BCUT2D eigenvalue weighted by molar-refractivity contribution is 6.36. The molecule has 1 amide bonds. The molecular formula is C39H34Cl2N4O4. The summed E-state index contributed by atoms with van der Waals surface area (Å²) in [6, 6.07) is 28.7. The SMILES string of the molecule is CCCCn1cc(-c2ccc(Cl)cc2Cl)nc1[C@H](Cc1ccc(OCc2ccc(C(=O)O)cc2)cc1)NC(=O)c1cc2ccccc2cn1. The Balaban J connectivity index is 1.29. The van der Waals surface area contributed by atoms with Gasteiger partial charge in [-0.1, -0.05) is 85.1 Å². The van der Waals surface area contributed by atoms with Crippen LogP contribution in [0.4, 0.5) is 0 Å². The Morgan fingerprint density at radius 3 is 2.37 bits per heavy atom. The monoisotopic (exact) mass is 692 g/mol. The summed E-state index contributed by atoms with van der Waals surface area (Å²) >= 11 is 12.8. The number of nitrogens with zero attached hydrogens (tertiary/aromatic N) is 3. The first kappa shape index (κ1) is 33.7. The number of aromatic carboxylic acids is 1. The summed E-state index contributed by atoms with van der Waals surface area (Å²) in [5, 5.41) is 15.3. The molecule has 6 aromatic rings. The van der Waals surface area contributed by atoms with E-state index >= 15 is 0 Å². The van der Waals surface area contributed by atoms with Crippen LogP contribution in [0.1, 0.15) is 63.6 Å². The van der Waals surface area contributed by atoms with Crippen LogP contribution >= 0.6 is 23.2 Å². The maximum absolute atomic E-state index is 13.8. The lowest BCUT2D eigenvalue weighted by Gasteiger charge is -2.20. The van der Waals surface area contributed by atoms with Gasteiger partial charge in [-0.05, 0) is 77.9 Å². The van der Waals surface area contributed by atoms with Gasteiger partial charge in [-0.2, -0.15) is 0 Å². The number of amides is 1. The van der Waals surface area contributed by atoms with Crippen molar-refractivity contribution in [2.75, 3.05) is 0 Å². The topological polar surface area (TPSA) is 106 Å². The maximum atomic E-state index is 13.8. The number of hydrogen-bond acceptors (Lipinski definition) is 5. The number of carbonyl (C=O) groups excluding carboxylic acids is 1. The van der Waals surface area contributed by atoms with E-state index in [9.17, 15) is 9.59 Å². The molecule has 1 atom stereocenters. The number of carbonyl (C=O) groups is 2. The van der Waals surface area contributed by atoms with Gasteiger partial charge in [0.15, 0.2) is 0 Å². The summed E-state index contributed by atoms with van der Waals surface area (Å²) < 4.78 is 8.06. The van der Waals surface area contributed by atoms with E-state index < -0.39 is 12.0 Å². The van der Waals surface area contributed by atoms with Crippen LogP contribution in [0.3, 0.4) is 0 Å². The number of halogens is 2. The summed E-state index contributed by atoms with van der Waals surface area (Å²) in [5.74, 6) is 0.0921. The van der Waals surface area contributed by atoms with Crippen molar-refractivity contribution in [3.63, 3.8) is 0 Å². The molecular weight excluding hydrogens is 659 g/mol. The summed E-state index contributed by atoms with van der Waals surface area (Å²) in [7, 11) is 0. The van der Waals surface area contributed by atoms with Crippen LogP contribution in [0.15, 0.2) is 109 Å². The van der Waals surface area contributed by atoms with Gasteiger partial charge in [-0.15, -0.1) is 0 Å². The van der Waals surface area contributed by atoms with Crippen LogP contribution in [0.25, 0.3) is 22.0 Å². The average molecular weight is 694 g/mol. The van der Waals surface area contributed by atoms with Gasteiger partial charge >= 0.3 is 5.97 Å². The second-order valence-electron chi connectivity index (χ2n) is 11.7. The van der Waals surface area contributed by atoms with E-state index in [1.54, 1.807) is 48.7 Å². The molecule has 4 aromatic carbocycles. The molecule has 2 heterocycles. The molecule has 8 nitrogen and oxygen atoms in total. The number of nitrogens with one attached hydrogen (secondary N) is 1. The van der Waals surface area contributed by atoms with Gasteiger partial charge in [-0.25, -0.2) is 9.78 Å². The number of ether oxygens (including phenoxy) is 1. The number of benzene rings is 4. The van der Waals surface area contributed by atoms with Crippen molar-refractivity contribution >= 4 is 45.9 Å². The molecule has 0 aliphatic rings. The molecule has 6 rings (SSSR count). The average Bonchev–Trinajstić information content (AvgIpc) is 3.53. The zero-order valence-corrected chi connectivity index (χ0v) is 28.3. The Bertz CT molecular complexity index is 2100. The van der Waals surface area contributed by atoms with E-state index in [1.165, 1.54) is 0 Å². The molecule has 0 aliphatic heterocycles. The lowest BCUT2D eigenvalue weighted by atomic mass is 10.0. The molecule has 0 saturated heterocycles. The number of imidazole rings is 1. The van der Waals surface area contributed by atoms with Crippen LogP contribution in [0.2, 0.25) is 10.0 Å². The molecule has 0 fully saturated rings. The molecule has 0 aliphatic carbocycles. The normalized spacial score (nSPS) is 11.7. The van der Waals surface area contributed by atoms with Crippen molar-refractivity contribution in [3.8, 4) is 17.0 Å². The molecule has 0 spiro atoms. The minimum absolute atomic E-state index is 0.227. The van der Waals surface area contributed by atoms with Crippen LogP contribution in [0, 0.1) is 0 Å². The summed E-state index contributed by atoms with van der Waals surface area (Å²) in [4.78, 5) is 34.5. The third kappa shape index (κ3) is 8.28. The van der Waals surface area contributed by atoms with Crippen molar-refractivity contribution in [3.05, 3.63) is 148 Å². The number of carboxylic acid groups (broad SMARTS) is 1. The molecule has 0 unspecified atom stereocenters. The summed E-state index contributed by atoms with van der Waals surface area (Å²) in [6.07, 6.45) is 6.05. The fourth-order valence-corrected chi connectivity index (χ4v) is 6.06. The van der Waals surface area contributed by atoms with Gasteiger partial charge < -0.3 is 19.7 Å². The quantitative estimate of drug-likeness (QED) is 0.125. The number of unbranched alkanes of at least 4 members (excludes halogenated alkanes) is 1. The first-order valence-corrected chi connectivity index (χ1v) is 16.7. The van der Waals surface area contributed by atoms with E-state index in [0.717, 1.165) is 40.3 Å². The Kier molecular flexibility index (Phi) is 10.6. The molecule has 10 heteroatoms. The fourth-order valence-electron chi connectivity index (χ4n) is 5.56. The Labute approximate surface area is 294 Å². The van der Waals surface area contributed by atoms with Crippen molar-refractivity contribution in [2.24, 2.45) is 0 Å². The highest BCUT2D eigenvalue weighted by atomic mass is 35.5. The van der Waals surface area contributed by atoms with E-state index in [4.69, 9.17) is 38.0 Å². The second kappa shape index (κ2) is 15.4. The predicted octanol–water partition coefficient (Wildman–Crippen LogP) is 9.20. The van der Waals surface area contributed by atoms with Crippen molar-refractivity contribution in [2.45, 2.75) is 45.4 Å². The van der Waals surface area contributed by atoms with Gasteiger partial charge in [0, 0.05) is 34.9 Å². The standard InChI is InChI=1S/C39H34Cl2N4O4/c1-2-3-18-45-23-36(32-17-14-30(40)21-33(32)41)43-37(45)34(44-38(46)35-20-28-6-4-5-7-29(28)22-42-35)19-25-10-15-31(16-11-25)49-24-26-8-12-27(13-9-26)39(47)48/h4-17,20-23,34H,2-3,18-19,24H2,1H3,(H,44,46)(H,47,48)/t34-/m0/s1. The van der Waals surface area contributed by atoms with Gasteiger partial charge in [-0.3, -0.25) is 9.78 Å². The largest absolute Gasteiger partial charge is 0.489 e. The smallest absolute Gasteiger partial charge is 0.335 e. The molecule has 2 N–H and O–H groups in total. The van der Waals surface area contributed by atoms with E-state index in [0.29, 0.717) is 52.6 Å². The zero-order chi connectivity index (χ0) is 34.3. The third-order valence-corrected chi connectivity index (χ3v) is 8.77. The molecule has 49 heavy (non-hydrogen) atoms. The number of hydrogen-bond donors (Lipinski definition) is 2. The van der Waals surface area contributed by atoms with Crippen molar-refractivity contribution in [1.29, 1.82) is 0 Å². The number of rotatable bonds is 13. The Morgan fingerprint density at radius 2 is 1.65 bits per heavy atom. The zero-order valence-electron chi connectivity index (χ0n) is 26.8. The Morgan fingerprint density at radius 1 is 0.918 bits per heavy atom. The third-order valence-electron chi connectivity index (χ3n) is 8.22. The lowest BCUT2D eigenvalue weighted by molar-refractivity contribution is 0.0696. The minimum Gasteiger partial charge on any atom is -0.489 e. The number of carboxylic acids is 1. The minimum atomic E-state index is -0.969. The van der Waals surface area contributed by atoms with E-state index in [1.807, 2.05) is 60.8 Å². The molecule has 0 radical (unpaired) electrons. The fraction of sp³-hybridized carbons (Fsp3) is 0.179. The highest BCUT2D eigenvalue weighted by Crippen LogP contribution is 2.32. The number of aryl methyl sites for hydroxylation is 1. The maximum Gasteiger partial charge on any atom is 0.335 e. The first-order chi connectivity index (χ1) is 23.8. The van der Waals surface area contributed by atoms with E-state index in [2.05, 4.69) is 21.8 Å². The number of pyridine rings is 1. The summed E-state index contributed by atoms with van der Waals surface area (Å²) in [6.45, 7) is 3.14. The van der Waals surface area contributed by atoms with Crippen LogP contribution in [-0.4, -0.2) is 31.5 Å². The van der Waals surface area contributed by atoms with Crippen molar-refractivity contribution < 1.29 is 19.4 Å². The predicted molar refractivity (Wildman–Crippen MR) is 192 cm³/mol. The van der Waals surface area contributed by atoms with Crippen LogP contribution < -0.4 is 10.1 Å². The van der Waals surface area contributed by atoms with E-state index in [-0.39, 0.29) is 11.5 Å². The highest BCUT2D eigenvalue weighted by Gasteiger charge is 2.24. The van der Waals surface area contributed by atoms with Gasteiger partial charge in [0.05, 0.1) is 22.3 Å². The molecule has 2 aromatic heterocycles. The number of aromatic nitrogens is 3. The van der Waals surface area contributed by atoms with Crippen LogP contribution in [-0.2, 0) is 19.6 Å². The number of fused-ring (bicyclic) bond motifs is 1. The van der Waals surface area contributed by atoms with Crippen molar-refractivity contribution in [1.82, 2.24) is 19.9 Å². The molecule has 248 valence electrons. The molecule has 0 bridgehead atoms. The van der Waals surface area contributed by atoms with Crippen LogP contribution in [0.5, 0.6) is 5.75 Å². The van der Waals surface area contributed by atoms with Gasteiger partial charge in [0.2, 0.25) is 0 Å². The first-order valence-electron chi connectivity index (χ1n) is 16.0. The summed E-state index contributed by atoms with van der Waals surface area (Å²) in [5.41, 5.74) is 3.81. The second-order valence-corrected chi connectivity index (χ2v) is 12.6. The van der Waals surface area contributed by atoms with Gasteiger partial charge in [0.1, 0.15) is 23.9 Å². The van der Waals surface area contributed by atoms with Gasteiger partial charge in [0.25, 0.3) is 5.91 Å². The Hall–Kier alpha value is -5.18. The molecule has 0 saturated carbocycles. The lowest BCUT2D eigenvalue weighted by Crippen LogP contribution is -2.32.